The molecule has 0 atom stereocenters. The molecule has 0 aliphatic carbocycles. The van der Waals surface area contributed by atoms with Crippen molar-refractivity contribution in [2.75, 3.05) is 13.2 Å². The normalized spacial score (nSPS) is 11.4. The molecule has 0 spiro atoms. The van der Waals surface area contributed by atoms with Crippen molar-refractivity contribution in [2.45, 2.75) is 13.8 Å². The second kappa shape index (κ2) is 4.63. The molecule has 0 aliphatic heterocycles. The average Bonchev–Trinajstić information content (AvgIpc) is 2.63. The number of aliphatic hydroxyl groups excluding tert-OH is 1. The van der Waals surface area contributed by atoms with Gasteiger partial charge in [0.2, 0.25) is 0 Å². The lowest BCUT2D eigenvalue weighted by atomic mass is 9.97. The molecule has 1 rings (SSSR count). The standard InChI is InChI=1S/C10H14O4S/c1-10(2,5-11)6-14-9-7(8(12)13)3-4-15-9/h3-4,11H,5-6H2,1-2H3,(H,12,13). The van der Waals surface area contributed by atoms with Crippen LogP contribution >= 0.6 is 11.3 Å². The van der Waals surface area contributed by atoms with Crippen molar-refractivity contribution in [3.8, 4) is 5.06 Å². The third kappa shape index (κ3) is 3.21. The van der Waals surface area contributed by atoms with E-state index in [1.165, 1.54) is 17.4 Å². The molecule has 0 fully saturated rings. The summed E-state index contributed by atoms with van der Waals surface area (Å²) in [7, 11) is 0. The zero-order valence-corrected chi connectivity index (χ0v) is 9.50. The van der Waals surface area contributed by atoms with E-state index in [0.29, 0.717) is 11.7 Å². The van der Waals surface area contributed by atoms with Crippen molar-refractivity contribution in [3.63, 3.8) is 0 Å². The zero-order valence-electron chi connectivity index (χ0n) is 8.69. The summed E-state index contributed by atoms with van der Waals surface area (Å²) in [4.78, 5) is 10.8. The van der Waals surface area contributed by atoms with Crippen LogP contribution in [0.1, 0.15) is 24.2 Å². The first-order chi connectivity index (χ1) is 6.96. The van der Waals surface area contributed by atoms with E-state index < -0.39 is 5.97 Å². The number of carbonyl (C=O) groups is 1. The van der Waals surface area contributed by atoms with E-state index in [9.17, 15) is 4.79 Å². The van der Waals surface area contributed by atoms with Gasteiger partial charge >= 0.3 is 5.97 Å². The van der Waals surface area contributed by atoms with E-state index in [2.05, 4.69) is 0 Å². The van der Waals surface area contributed by atoms with Gasteiger partial charge in [0.05, 0.1) is 13.2 Å². The minimum absolute atomic E-state index is 0.000774. The molecule has 2 N–H and O–H groups in total. The average molecular weight is 230 g/mol. The number of thiophene rings is 1. The van der Waals surface area contributed by atoms with E-state index >= 15 is 0 Å². The Balaban J connectivity index is 2.65. The Morgan fingerprint density at radius 1 is 1.60 bits per heavy atom. The van der Waals surface area contributed by atoms with Crippen LogP contribution in [0.25, 0.3) is 0 Å². The van der Waals surface area contributed by atoms with E-state index in [1.807, 2.05) is 13.8 Å². The molecular weight excluding hydrogens is 216 g/mol. The Bertz CT molecular complexity index is 343. The van der Waals surface area contributed by atoms with Gasteiger partial charge in [-0.2, -0.15) is 0 Å². The smallest absolute Gasteiger partial charge is 0.340 e. The molecule has 0 saturated carbocycles. The predicted molar refractivity (Wildman–Crippen MR) is 57.6 cm³/mol. The minimum atomic E-state index is -0.993. The molecule has 0 saturated heterocycles. The lowest BCUT2D eigenvalue weighted by Crippen LogP contribution is -2.25. The van der Waals surface area contributed by atoms with Crippen molar-refractivity contribution in [1.29, 1.82) is 0 Å². The van der Waals surface area contributed by atoms with Gasteiger partial charge in [0.1, 0.15) is 5.56 Å². The van der Waals surface area contributed by atoms with Crippen molar-refractivity contribution >= 4 is 17.3 Å². The molecule has 84 valence electrons. The Kier molecular flexibility index (Phi) is 3.71. The molecule has 5 heteroatoms. The van der Waals surface area contributed by atoms with Crippen molar-refractivity contribution in [1.82, 2.24) is 0 Å². The fraction of sp³-hybridized carbons (Fsp3) is 0.500. The maximum Gasteiger partial charge on any atom is 0.340 e. The van der Waals surface area contributed by atoms with Gasteiger partial charge in [-0.25, -0.2) is 4.79 Å². The van der Waals surface area contributed by atoms with Gasteiger partial charge in [0, 0.05) is 5.41 Å². The van der Waals surface area contributed by atoms with Gasteiger partial charge < -0.3 is 14.9 Å². The molecule has 0 radical (unpaired) electrons. The first kappa shape index (κ1) is 12.0. The first-order valence-electron chi connectivity index (χ1n) is 4.51. The summed E-state index contributed by atoms with van der Waals surface area (Å²) in [5, 5.41) is 19.9. The second-order valence-electron chi connectivity index (χ2n) is 4.04. The van der Waals surface area contributed by atoms with E-state index in [0.717, 1.165) is 0 Å². The fourth-order valence-electron chi connectivity index (χ4n) is 0.872. The second-order valence-corrected chi connectivity index (χ2v) is 4.92. The van der Waals surface area contributed by atoms with Gasteiger partial charge in [-0.15, -0.1) is 11.3 Å². The van der Waals surface area contributed by atoms with Crippen LogP contribution in [0.4, 0.5) is 0 Å². The Morgan fingerprint density at radius 2 is 2.27 bits per heavy atom. The summed E-state index contributed by atoms with van der Waals surface area (Å²) in [5.41, 5.74) is -0.187. The van der Waals surface area contributed by atoms with E-state index in [4.69, 9.17) is 14.9 Å². The summed E-state index contributed by atoms with van der Waals surface area (Å²) in [6.07, 6.45) is 0. The first-order valence-corrected chi connectivity index (χ1v) is 5.39. The number of aliphatic hydroxyl groups is 1. The highest BCUT2D eigenvalue weighted by Crippen LogP contribution is 2.28. The number of hydrogen-bond acceptors (Lipinski definition) is 4. The SMILES string of the molecule is CC(C)(CO)COc1sccc1C(=O)O. The Labute approximate surface area is 92.1 Å². The molecule has 0 aromatic carbocycles. The largest absolute Gasteiger partial charge is 0.483 e. The minimum Gasteiger partial charge on any atom is -0.483 e. The number of aromatic carboxylic acids is 1. The maximum absolute atomic E-state index is 10.8. The maximum atomic E-state index is 10.8. The van der Waals surface area contributed by atoms with E-state index in [-0.39, 0.29) is 17.6 Å². The molecule has 0 bridgehead atoms. The topological polar surface area (TPSA) is 66.8 Å². The monoisotopic (exact) mass is 230 g/mol. The molecular formula is C10H14O4S. The van der Waals surface area contributed by atoms with Crippen molar-refractivity contribution < 1.29 is 19.7 Å². The third-order valence-corrected chi connectivity index (χ3v) is 2.71. The predicted octanol–water partition coefficient (Wildman–Crippen LogP) is 1.84. The highest BCUT2D eigenvalue weighted by atomic mass is 32.1. The molecule has 1 aromatic rings. The molecule has 4 nitrogen and oxygen atoms in total. The molecule has 0 unspecified atom stereocenters. The summed E-state index contributed by atoms with van der Waals surface area (Å²) < 4.78 is 5.37. The van der Waals surface area contributed by atoms with Crippen molar-refractivity contribution in [2.24, 2.45) is 5.41 Å². The van der Waals surface area contributed by atoms with Crippen LogP contribution in [0.15, 0.2) is 11.4 Å². The van der Waals surface area contributed by atoms with Gasteiger partial charge in [0.25, 0.3) is 0 Å². The summed E-state index contributed by atoms with van der Waals surface area (Å²) >= 11 is 1.24. The number of ether oxygens (including phenoxy) is 1. The van der Waals surface area contributed by atoms with Gasteiger partial charge in [0.15, 0.2) is 5.06 Å². The quantitative estimate of drug-likeness (QED) is 0.810. The summed E-state index contributed by atoms with van der Waals surface area (Å²) in [6.45, 7) is 3.99. The van der Waals surface area contributed by atoms with Gasteiger partial charge in [-0.1, -0.05) is 13.8 Å². The highest BCUT2D eigenvalue weighted by molar-refractivity contribution is 7.12. The van der Waals surface area contributed by atoms with Gasteiger partial charge in [-0.3, -0.25) is 0 Å². The summed E-state index contributed by atoms with van der Waals surface area (Å²) in [5.74, 6) is -0.993. The zero-order chi connectivity index (χ0) is 11.5. The van der Waals surface area contributed by atoms with Crippen LogP contribution in [-0.4, -0.2) is 29.4 Å². The Hall–Kier alpha value is -1.07. The number of hydrogen-bond donors (Lipinski definition) is 2. The molecule has 0 aliphatic rings. The number of carboxylic acids is 1. The third-order valence-electron chi connectivity index (χ3n) is 1.88. The Morgan fingerprint density at radius 3 is 2.80 bits per heavy atom. The number of rotatable bonds is 5. The van der Waals surface area contributed by atoms with Crippen LogP contribution in [0.3, 0.4) is 0 Å². The van der Waals surface area contributed by atoms with Crippen LogP contribution in [0, 0.1) is 5.41 Å². The molecule has 1 heterocycles. The molecule has 15 heavy (non-hydrogen) atoms. The lowest BCUT2D eigenvalue weighted by Gasteiger charge is -2.21. The number of carboxylic acid groups (broad SMARTS) is 1. The van der Waals surface area contributed by atoms with Crippen LogP contribution in [0.5, 0.6) is 5.06 Å². The highest BCUT2D eigenvalue weighted by Gasteiger charge is 2.20. The van der Waals surface area contributed by atoms with Crippen LogP contribution in [0.2, 0.25) is 0 Å². The van der Waals surface area contributed by atoms with Crippen LogP contribution in [-0.2, 0) is 0 Å². The molecule has 1 aromatic heterocycles. The van der Waals surface area contributed by atoms with Gasteiger partial charge in [-0.05, 0) is 11.4 Å². The summed E-state index contributed by atoms with van der Waals surface area (Å²) in [6, 6.07) is 1.51. The fourth-order valence-corrected chi connectivity index (χ4v) is 1.61. The van der Waals surface area contributed by atoms with Crippen LogP contribution < -0.4 is 4.74 Å². The van der Waals surface area contributed by atoms with Crippen molar-refractivity contribution in [3.05, 3.63) is 17.0 Å². The lowest BCUT2D eigenvalue weighted by molar-refractivity contribution is 0.0684. The van der Waals surface area contributed by atoms with E-state index in [1.54, 1.807) is 5.38 Å². The molecule has 0 amide bonds.